The van der Waals surface area contributed by atoms with Gasteiger partial charge in [0, 0.05) is 30.6 Å². The second-order valence-electron chi connectivity index (χ2n) is 10.3. The second kappa shape index (κ2) is 13.5. The highest BCUT2D eigenvalue weighted by atomic mass is 19.4. The number of methoxy groups -OCH3 is 1. The number of pyridine rings is 1. The number of alkyl halides is 3. The zero-order valence-electron chi connectivity index (χ0n) is 23.8. The molecule has 9 nitrogen and oxygen atoms in total. The summed E-state index contributed by atoms with van der Waals surface area (Å²) in [6.45, 7) is 6.46. The predicted molar refractivity (Wildman–Crippen MR) is 151 cm³/mol. The lowest BCUT2D eigenvalue weighted by Crippen LogP contribution is -2.28. The fraction of sp³-hybridized carbons (Fsp3) is 0.333. The number of hydrogen-bond acceptors (Lipinski definition) is 7. The van der Waals surface area contributed by atoms with Crippen molar-refractivity contribution in [2.24, 2.45) is 0 Å². The Morgan fingerprint density at radius 3 is 2.24 bits per heavy atom. The minimum absolute atomic E-state index is 0.00862. The molecule has 42 heavy (non-hydrogen) atoms. The highest BCUT2D eigenvalue weighted by Gasteiger charge is 2.36. The molecule has 0 aliphatic carbocycles. The van der Waals surface area contributed by atoms with E-state index in [1.807, 2.05) is 13.0 Å². The van der Waals surface area contributed by atoms with E-state index in [-0.39, 0.29) is 24.5 Å². The molecule has 0 spiro atoms. The molecule has 0 aliphatic heterocycles. The average molecular weight is 588 g/mol. The number of halogens is 3. The van der Waals surface area contributed by atoms with E-state index in [0.717, 1.165) is 22.9 Å². The summed E-state index contributed by atoms with van der Waals surface area (Å²) in [5.41, 5.74) is -0.147. The number of Topliss-reactive ketones (excluding diaryl/α,β-unsaturated/α-hetero) is 1. The fourth-order valence-electron chi connectivity index (χ4n) is 3.82. The van der Waals surface area contributed by atoms with Gasteiger partial charge in [-0.05, 0) is 63.1 Å². The summed E-state index contributed by atoms with van der Waals surface area (Å²) >= 11 is 0. The maximum atomic E-state index is 13.9. The minimum atomic E-state index is -4.87. The van der Waals surface area contributed by atoms with Gasteiger partial charge in [-0.3, -0.25) is 19.9 Å². The molecule has 0 bridgehead atoms. The lowest BCUT2D eigenvalue weighted by Gasteiger charge is -2.22. The quantitative estimate of drug-likeness (QED) is 0.155. The van der Waals surface area contributed by atoms with Crippen LogP contribution in [0.4, 0.5) is 29.3 Å². The molecular weight excluding hydrogens is 555 g/mol. The van der Waals surface area contributed by atoms with Crippen molar-refractivity contribution in [2.45, 2.75) is 45.9 Å². The van der Waals surface area contributed by atoms with Gasteiger partial charge in [-0.25, -0.2) is 4.79 Å². The van der Waals surface area contributed by atoms with Gasteiger partial charge < -0.3 is 19.5 Å². The Morgan fingerprint density at radius 2 is 1.60 bits per heavy atom. The first-order valence-corrected chi connectivity index (χ1v) is 12.9. The predicted octanol–water partition coefficient (Wildman–Crippen LogP) is 6.66. The topological polar surface area (TPSA) is 116 Å². The number of ketones is 1. The molecule has 0 aliphatic rings. The molecule has 0 unspecified atom stereocenters. The summed E-state index contributed by atoms with van der Waals surface area (Å²) in [7, 11) is 1.36. The number of aryl methyl sites for hydroxylation is 1. The van der Waals surface area contributed by atoms with Crippen molar-refractivity contribution in [3.05, 3.63) is 71.5 Å². The van der Waals surface area contributed by atoms with Crippen LogP contribution in [-0.2, 0) is 20.4 Å². The van der Waals surface area contributed by atoms with Gasteiger partial charge in [0.25, 0.3) is 0 Å². The highest BCUT2D eigenvalue weighted by molar-refractivity contribution is 6.12. The third-order valence-corrected chi connectivity index (χ3v) is 5.62. The maximum absolute atomic E-state index is 13.9. The Morgan fingerprint density at radius 1 is 0.905 bits per heavy atom. The summed E-state index contributed by atoms with van der Waals surface area (Å²) in [5.74, 6) is -2.04. The molecule has 2 amide bonds. The Hall–Kier alpha value is -4.45. The first-order valence-electron chi connectivity index (χ1n) is 12.9. The lowest BCUT2D eigenvalue weighted by atomic mass is 10.0. The highest BCUT2D eigenvalue weighted by Crippen LogP contribution is 2.41. The van der Waals surface area contributed by atoms with Crippen LogP contribution in [0.2, 0.25) is 0 Å². The van der Waals surface area contributed by atoms with Gasteiger partial charge in [0.2, 0.25) is 5.91 Å². The zero-order valence-corrected chi connectivity index (χ0v) is 23.8. The van der Waals surface area contributed by atoms with Crippen LogP contribution in [0.1, 0.15) is 48.8 Å². The van der Waals surface area contributed by atoms with Crippen molar-refractivity contribution in [3.8, 4) is 16.9 Å². The van der Waals surface area contributed by atoms with E-state index in [1.165, 1.54) is 13.2 Å². The number of anilines is 2. The van der Waals surface area contributed by atoms with Crippen molar-refractivity contribution >= 4 is 29.2 Å². The van der Waals surface area contributed by atoms with E-state index in [1.54, 1.807) is 51.2 Å². The lowest BCUT2D eigenvalue weighted by molar-refractivity contribution is -0.139. The summed E-state index contributed by atoms with van der Waals surface area (Å²) in [4.78, 5) is 42.5. The van der Waals surface area contributed by atoms with Crippen LogP contribution >= 0.6 is 0 Å². The fourth-order valence-corrected chi connectivity index (χ4v) is 3.82. The third-order valence-electron chi connectivity index (χ3n) is 5.62. The van der Waals surface area contributed by atoms with E-state index in [2.05, 4.69) is 15.6 Å². The monoisotopic (exact) mass is 587 g/mol. The molecule has 0 fully saturated rings. The molecule has 0 radical (unpaired) electrons. The van der Waals surface area contributed by atoms with E-state index < -0.39 is 53.0 Å². The summed E-state index contributed by atoms with van der Waals surface area (Å²) in [6, 6.07) is 11.8. The van der Waals surface area contributed by atoms with Crippen molar-refractivity contribution in [2.75, 3.05) is 31.0 Å². The van der Waals surface area contributed by atoms with Gasteiger partial charge in [-0.2, -0.15) is 13.2 Å². The van der Waals surface area contributed by atoms with Gasteiger partial charge >= 0.3 is 12.3 Å². The molecular formula is C30H32F3N3O6. The number of rotatable bonds is 10. The normalized spacial score (nSPS) is 11.5. The molecule has 1 heterocycles. The van der Waals surface area contributed by atoms with Gasteiger partial charge in [0.15, 0.2) is 5.78 Å². The molecule has 2 aromatic carbocycles. The largest absolute Gasteiger partial charge is 0.490 e. The first kappa shape index (κ1) is 32.1. The van der Waals surface area contributed by atoms with Crippen LogP contribution < -0.4 is 15.4 Å². The molecule has 12 heteroatoms. The Labute approximate surface area is 241 Å². The second-order valence-corrected chi connectivity index (χ2v) is 10.3. The standard InChI is InChI=1S/C30H32F3N3O6/c1-18-13-20(9-10-34-18)19-7-6-8-21(14-19)25(37)17-27(38)35-23-15-22(30(31,32)33)26(41-12-11-40-5)16-24(23)36-28(39)42-29(2,3)4/h6-10,13-16H,11-12,17H2,1-5H3,(H,35,38)(H,36,39). The Bertz CT molecular complexity index is 1450. The van der Waals surface area contributed by atoms with Gasteiger partial charge in [-0.15, -0.1) is 0 Å². The van der Waals surface area contributed by atoms with E-state index in [0.29, 0.717) is 6.07 Å². The number of nitrogens with one attached hydrogen (secondary N) is 2. The van der Waals surface area contributed by atoms with Gasteiger partial charge in [0.1, 0.15) is 18.0 Å². The number of aromatic nitrogens is 1. The van der Waals surface area contributed by atoms with Crippen molar-refractivity contribution in [1.29, 1.82) is 0 Å². The number of benzene rings is 2. The average Bonchev–Trinajstić information content (AvgIpc) is 2.88. The number of nitrogens with zero attached hydrogens (tertiary/aromatic N) is 1. The summed E-state index contributed by atoms with van der Waals surface area (Å²) in [5, 5.41) is 4.67. The number of carbonyl (C=O) groups is 3. The van der Waals surface area contributed by atoms with Gasteiger partial charge in [0.05, 0.1) is 30.0 Å². The van der Waals surface area contributed by atoms with Crippen LogP contribution in [-0.4, -0.2) is 48.7 Å². The van der Waals surface area contributed by atoms with E-state index in [4.69, 9.17) is 14.2 Å². The molecule has 1 aromatic heterocycles. The van der Waals surface area contributed by atoms with Crippen molar-refractivity contribution in [1.82, 2.24) is 4.98 Å². The van der Waals surface area contributed by atoms with Crippen LogP contribution in [0, 0.1) is 6.92 Å². The van der Waals surface area contributed by atoms with Crippen molar-refractivity contribution in [3.63, 3.8) is 0 Å². The zero-order chi connectivity index (χ0) is 31.1. The molecule has 0 atom stereocenters. The maximum Gasteiger partial charge on any atom is 0.420 e. The summed E-state index contributed by atoms with van der Waals surface area (Å²) in [6.07, 6.45) is -4.87. The van der Waals surface area contributed by atoms with Crippen molar-refractivity contribution < 1.29 is 41.8 Å². The molecule has 224 valence electrons. The number of amides is 2. The number of hydrogen-bond donors (Lipinski definition) is 2. The Kier molecular flexibility index (Phi) is 10.3. The SMILES string of the molecule is COCCOc1cc(NC(=O)OC(C)(C)C)c(NC(=O)CC(=O)c2cccc(-c3ccnc(C)c3)c2)cc1C(F)(F)F. The van der Waals surface area contributed by atoms with Crippen LogP contribution in [0.15, 0.2) is 54.7 Å². The summed E-state index contributed by atoms with van der Waals surface area (Å²) < 4.78 is 57.1. The molecule has 3 rings (SSSR count). The molecule has 0 saturated carbocycles. The molecule has 2 N–H and O–H groups in total. The van der Waals surface area contributed by atoms with Crippen LogP contribution in [0.5, 0.6) is 5.75 Å². The Balaban J connectivity index is 1.89. The van der Waals surface area contributed by atoms with Crippen LogP contribution in [0.3, 0.4) is 0 Å². The first-order chi connectivity index (χ1) is 19.7. The number of ether oxygens (including phenoxy) is 3. The van der Waals surface area contributed by atoms with Crippen LogP contribution in [0.25, 0.3) is 11.1 Å². The van der Waals surface area contributed by atoms with E-state index >= 15 is 0 Å². The number of carbonyl (C=O) groups excluding carboxylic acids is 3. The van der Waals surface area contributed by atoms with Gasteiger partial charge in [-0.1, -0.05) is 18.2 Å². The molecule has 0 saturated heterocycles. The minimum Gasteiger partial charge on any atom is -0.490 e. The smallest absolute Gasteiger partial charge is 0.420 e. The third kappa shape index (κ3) is 9.30. The van der Waals surface area contributed by atoms with E-state index in [9.17, 15) is 27.6 Å². The molecule has 3 aromatic rings.